The fraction of sp³-hybridized carbons (Fsp3) is 0.800. The Labute approximate surface area is 90.6 Å². The molecule has 5 nitrogen and oxygen atoms in total. The standard InChI is InChI=1S/C10H20N2O3/c1-8(11)5-4-6-9(13)12(2)7-10(14)15-3/h8H,4-7,11H2,1-3H3. The number of nitrogens with two attached hydrogens (primary N) is 1. The van der Waals surface area contributed by atoms with E-state index in [0.717, 1.165) is 12.8 Å². The number of hydrogen-bond donors (Lipinski definition) is 1. The molecule has 0 aromatic heterocycles. The van der Waals surface area contributed by atoms with Crippen LogP contribution in [0.3, 0.4) is 0 Å². The molecular weight excluding hydrogens is 196 g/mol. The quantitative estimate of drug-likeness (QED) is 0.641. The van der Waals surface area contributed by atoms with Gasteiger partial charge in [0.05, 0.1) is 7.11 Å². The zero-order valence-electron chi connectivity index (χ0n) is 9.66. The van der Waals surface area contributed by atoms with E-state index in [2.05, 4.69) is 4.74 Å². The summed E-state index contributed by atoms with van der Waals surface area (Å²) in [5.41, 5.74) is 5.56. The maximum Gasteiger partial charge on any atom is 0.325 e. The van der Waals surface area contributed by atoms with Gasteiger partial charge in [0.2, 0.25) is 5.91 Å². The van der Waals surface area contributed by atoms with Gasteiger partial charge in [-0.15, -0.1) is 0 Å². The van der Waals surface area contributed by atoms with Gasteiger partial charge in [-0.25, -0.2) is 0 Å². The van der Waals surface area contributed by atoms with Gasteiger partial charge in [0.25, 0.3) is 0 Å². The fourth-order valence-electron chi connectivity index (χ4n) is 1.11. The second-order valence-electron chi connectivity index (χ2n) is 3.70. The van der Waals surface area contributed by atoms with E-state index in [1.165, 1.54) is 12.0 Å². The van der Waals surface area contributed by atoms with Crippen molar-refractivity contribution in [2.24, 2.45) is 5.73 Å². The molecule has 0 fully saturated rings. The minimum absolute atomic E-state index is 0.00745. The molecule has 88 valence electrons. The Hall–Kier alpha value is -1.10. The highest BCUT2D eigenvalue weighted by Gasteiger charge is 2.12. The lowest BCUT2D eigenvalue weighted by molar-refractivity contribution is -0.146. The first-order chi connectivity index (χ1) is 6.97. The van der Waals surface area contributed by atoms with Gasteiger partial charge >= 0.3 is 5.97 Å². The molecule has 0 aliphatic carbocycles. The highest BCUT2D eigenvalue weighted by atomic mass is 16.5. The molecule has 15 heavy (non-hydrogen) atoms. The van der Waals surface area contributed by atoms with Crippen molar-refractivity contribution >= 4 is 11.9 Å². The number of amides is 1. The van der Waals surface area contributed by atoms with Gasteiger partial charge in [0.1, 0.15) is 6.54 Å². The van der Waals surface area contributed by atoms with Crippen molar-refractivity contribution in [3.05, 3.63) is 0 Å². The summed E-state index contributed by atoms with van der Waals surface area (Å²) in [6, 6.07) is 0.115. The van der Waals surface area contributed by atoms with Crippen LogP contribution in [0.4, 0.5) is 0 Å². The van der Waals surface area contributed by atoms with Crippen LogP contribution in [0.15, 0.2) is 0 Å². The lowest BCUT2D eigenvalue weighted by atomic mass is 10.1. The minimum Gasteiger partial charge on any atom is -0.468 e. The average molecular weight is 216 g/mol. The number of nitrogens with zero attached hydrogens (tertiary/aromatic N) is 1. The van der Waals surface area contributed by atoms with Gasteiger partial charge in [-0.3, -0.25) is 9.59 Å². The molecule has 1 unspecified atom stereocenters. The molecule has 2 N–H and O–H groups in total. The molecule has 0 saturated heterocycles. The molecule has 0 rings (SSSR count). The van der Waals surface area contributed by atoms with Gasteiger partial charge in [-0.1, -0.05) is 0 Å². The van der Waals surface area contributed by atoms with Crippen LogP contribution in [0, 0.1) is 0 Å². The number of carbonyl (C=O) groups is 2. The predicted molar refractivity (Wildman–Crippen MR) is 57.2 cm³/mol. The van der Waals surface area contributed by atoms with Crippen molar-refractivity contribution in [3.8, 4) is 0 Å². The van der Waals surface area contributed by atoms with Crippen LogP contribution in [0.2, 0.25) is 0 Å². The van der Waals surface area contributed by atoms with Crippen LogP contribution in [0.1, 0.15) is 26.2 Å². The Kier molecular flexibility index (Phi) is 6.70. The number of rotatable bonds is 6. The van der Waals surface area contributed by atoms with Crippen molar-refractivity contribution in [3.63, 3.8) is 0 Å². The van der Waals surface area contributed by atoms with Gasteiger partial charge < -0.3 is 15.4 Å². The SMILES string of the molecule is COC(=O)CN(C)C(=O)CCCC(C)N. The van der Waals surface area contributed by atoms with Crippen molar-refractivity contribution < 1.29 is 14.3 Å². The number of methoxy groups -OCH3 is 1. The molecule has 0 aromatic rings. The topological polar surface area (TPSA) is 72.6 Å². The first-order valence-corrected chi connectivity index (χ1v) is 5.03. The van der Waals surface area contributed by atoms with E-state index in [0.29, 0.717) is 6.42 Å². The van der Waals surface area contributed by atoms with E-state index in [9.17, 15) is 9.59 Å². The molecule has 1 amide bonds. The Bertz CT molecular complexity index is 217. The van der Waals surface area contributed by atoms with E-state index >= 15 is 0 Å². The van der Waals surface area contributed by atoms with Crippen molar-refractivity contribution in [1.82, 2.24) is 4.90 Å². The molecule has 0 saturated carbocycles. The molecule has 0 aliphatic heterocycles. The van der Waals surface area contributed by atoms with Crippen molar-refractivity contribution in [2.75, 3.05) is 20.7 Å². The van der Waals surface area contributed by atoms with Crippen molar-refractivity contribution in [1.29, 1.82) is 0 Å². The second kappa shape index (κ2) is 7.23. The summed E-state index contributed by atoms with van der Waals surface area (Å²) in [6.45, 7) is 1.91. The van der Waals surface area contributed by atoms with E-state index < -0.39 is 5.97 Å². The lowest BCUT2D eigenvalue weighted by Crippen LogP contribution is -2.32. The van der Waals surface area contributed by atoms with Gasteiger partial charge in [0.15, 0.2) is 0 Å². The summed E-state index contributed by atoms with van der Waals surface area (Å²) in [5, 5.41) is 0. The van der Waals surface area contributed by atoms with Crippen LogP contribution in [-0.4, -0.2) is 43.5 Å². The Morgan fingerprint density at radius 1 is 1.47 bits per heavy atom. The van der Waals surface area contributed by atoms with Gasteiger partial charge in [-0.2, -0.15) is 0 Å². The van der Waals surface area contributed by atoms with Crippen LogP contribution in [-0.2, 0) is 14.3 Å². The van der Waals surface area contributed by atoms with Gasteiger partial charge in [-0.05, 0) is 19.8 Å². The Balaban J connectivity index is 3.74. The highest BCUT2D eigenvalue weighted by molar-refractivity contribution is 5.81. The molecular formula is C10H20N2O3. The maximum absolute atomic E-state index is 11.5. The molecule has 1 atom stereocenters. The summed E-state index contributed by atoms with van der Waals surface area (Å²) in [5.74, 6) is -0.459. The second-order valence-corrected chi connectivity index (χ2v) is 3.70. The molecule has 5 heteroatoms. The van der Waals surface area contributed by atoms with Gasteiger partial charge in [0, 0.05) is 19.5 Å². The van der Waals surface area contributed by atoms with E-state index in [4.69, 9.17) is 5.73 Å². The molecule has 0 spiro atoms. The number of ether oxygens (including phenoxy) is 1. The number of carbonyl (C=O) groups excluding carboxylic acids is 2. The highest BCUT2D eigenvalue weighted by Crippen LogP contribution is 2.01. The number of likely N-dealkylation sites (N-methyl/N-ethyl adjacent to an activating group) is 1. The molecule has 0 aromatic carbocycles. The number of esters is 1. The zero-order chi connectivity index (χ0) is 11.8. The lowest BCUT2D eigenvalue weighted by Gasteiger charge is -2.15. The Morgan fingerprint density at radius 2 is 2.07 bits per heavy atom. The monoisotopic (exact) mass is 216 g/mol. The molecule has 0 heterocycles. The summed E-state index contributed by atoms with van der Waals surface area (Å²) in [4.78, 5) is 23.7. The van der Waals surface area contributed by atoms with Crippen molar-refractivity contribution in [2.45, 2.75) is 32.2 Å². The summed E-state index contributed by atoms with van der Waals surface area (Å²) in [7, 11) is 2.89. The molecule has 0 aliphatic rings. The van der Waals surface area contributed by atoms with E-state index in [1.54, 1.807) is 7.05 Å². The molecule has 0 radical (unpaired) electrons. The smallest absolute Gasteiger partial charge is 0.325 e. The van der Waals surface area contributed by atoms with E-state index in [-0.39, 0.29) is 18.5 Å². The number of hydrogen-bond acceptors (Lipinski definition) is 4. The summed E-state index contributed by atoms with van der Waals surface area (Å²) >= 11 is 0. The zero-order valence-corrected chi connectivity index (χ0v) is 9.66. The normalized spacial score (nSPS) is 12.0. The third kappa shape index (κ3) is 6.90. The van der Waals surface area contributed by atoms with Crippen LogP contribution in [0.5, 0.6) is 0 Å². The third-order valence-corrected chi connectivity index (χ3v) is 2.07. The fourth-order valence-corrected chi connectivity index (χ4v) is 1.11. The first kappa shape index (κ1) is 13.9. The predicted octanol–water partition coefficient (Wildman–Crippen LogP) is 0.135. The summed E-state index contributed by atoms with van der Waals surface area (Å²) in [6.07, 6.45) is 1.99. The minimum atomic E-state index is -0.405. The van der Waals surface area contributed by atoms with E-state index in [1.807, 2.05) is 6.92 Å². The Morgan fingerprint density at radius 3 is 2.53 bits per heavy atom. The van der Waals surface area contributed by atoms with Crippen LogP contribution in [0.25, 0.3) is 0 Å². The maximum atomic E-state index is 11.5. The van der Waals surface area contributed by atoms with Crippen LogP contribution < -0.4 is 5.73 Å². The summed E-state index contributed by atoms with van der Waals surface area (Å²) < 4.78 is 4.46. The third-order valence-electron chi connectivity index (χ3n) is 2.07. The molecule has 0 bridgehead atoms. The van der Waals surface area contributed by atoms with Crippen LogP contribution >= 0.6 is 0 Å². The first-order valence-electron chi connectivity index (χ1n) is 5.03. The average Bonchev–Trinajstić information content (AvgIpc) is 2.16. The largest absolute Gasteiger partial charge is 0.468 e.